The predicted octanol–water partition coefficient (Wildman–Crippen LogP) is 4.05. The standard InChI is InChI=1S/C19H24BrNO3/c20-17-6-4-13(5-7-17)14-8-10-21(11-9-14)18(22)15-2-1-3-16(12-15)19(23)24/h4-7,14-16H,1-3,8-12H2,(H,23,24). The first-order chi connectivity index (χ1) is 11.5. The fourth-order valence-electron chi connectivity index (χ4n) is 4.06. The maximum Gasteiger partial charge on any atom is 0.306 e. The van der Waals surface area contributed by atoms with Crippen LogP contribution in [0.2, 0.25) is 0 Å². The van der Waals surface area contributed by atoms with Crippen LogP contribution in [0.3, 0.4) is 0 Å². The lowest BCUT2D eigenvalue weighted by Crippen LogP contribution is -2.43. The van der Waals surface area contributed by atoms with E-state index in [4.69, 9.17) is 0 Å². The van der Waals surface area contributed by atoms with Crippen LogP contribution >= 0.6 is 15.9 Å². The van der Waals surface area contributed by atoms with Crippen molar-refractivity contribution in [3.05, 3.63) is 34.3 Å². The Morgan fingerprint density at radius 2 is 1.62 bits per heavy atom. The van der Waals surface area contributed by atoms with E-state index in [0.717, 1.165) is 43.2 Å². The van der Waals surface area contributed by atoms with E-state index in [1.165, 1.54) is 5.56 Å². The van der Waals surface area contributed by atoms with E-state index in [-0.39, 0.29) is 17.7 Å². The van der Waals surface area contributed by atoms with Crippen LogP contribution < -0.4 is 0 Å². The van der Waals surface area contributed by atoms with Gasteiger partial charge in [-0.2, -0.15) is 0 Å². The summed E-state index contributed by atoms with van der Waals surface area (Å²) in [5, 5.41) is 9.20. The van der Waals surface area contributed by atoms with E-state index >= 15 is 0 Å². The molecule has 0 spiro atoms. The number of carbonyl (C=O) groups is 2. The monoisotopic (exact) mass is 393 g/mol. The van der Waals surface area contributed by atoms with E-state index in [1.54, 1.807) is 0 Å². The lowest BCUT2D eigenvalue weighted by atomic mass is 9.80. The van der Waals surface area contributed by atoms with Crippen LogP contribution in [0.1, 0.15) is 50.0 Å². The summed E-state index contributed by atoms with van der Waals surface area (Å²) < 4.78 is 1.09. The lowest BCUT2D eigenvalue weighted by Gasteiger charge is -2.36. The van der Waals surface area contributed by atoms with Crippen molar-refractivity contribution >= 4 is 27.8 Å². The highest BCUT2D eigenvalue weighted by Gasteiger charge is 2.34. The van der Waals surface area contributed by atoms with Crippen LogP contribution in [-0.2, 0) is 9.59 Å². The van der Waals surface area contributed by atoms with Crippen LogP contribution in [0.4, 0.5) is 0 Å². The summed E-state index contributed by atoms with van der Waals surface area (Å²) in [6.45, 7) is 1.57. The molecule has 24 heavy (non-hydrogen) atoms. The molecule has 2 aliphatic rings. The number of aliphatic carboxylic acids is 1. The Bertz CT molecular complexity index is 593. The van der Waals surface area contributed by atoms with Crippen molar-refractivity contribution < 1.29 is 14.7 Å². The predicted molar refractivity (Wildman–Crippen MR) is 95.8 cm³/mol. The highest BCUT2D eigenvalue weighted by molar-refractivity contribution is 9.10. The van der Waals surface area contributed by atoms with Crippen molar-refractivity contribution in [2.75, 3.05) is 13.1 Å². The Labute approximate surface area is 151 Å². The van der Waals surface area contributed by atoms with Crippen molar-refractivity contribution in [3.63, 3.8) is 0 Å². The lowest BCUT2D eigenvalue weighted by molar-refractivity contribution is -0.145. The van der Waals surface area contributed by atoms with Crippen molar-refractivity contribution in [1.82, 2.24) is 4.90 Å². The van der Waals surface area contributed by atoms with Gasteiger partial charge in [0, 0.05) is 23.5 Å². The maximum atomic E-state index is 12.7. The molecule has 3 rings (SSSR count). The number of piperidine rings is 1. The molecule has 1 aromatic carbocycles. The zero-order valence-electron chi connectivity index (χ0n) is 13.8. The molecule has 1 saturated heterocycles. The third-order valence-electron chi connectivity index (χ3n) is 5.52. The van der Waals surface area contributed by atoms with Gasteiger partial charge in [0.15, 0.2) is 0 Å². The second kappa shape index (κ2) is 7.68. The molecule has 130 valence electrons. The molecule has 1 saturated carbocycles. The number of likely N-dealkylation sites (tertiary alicyclic amines) is 1. The zero-order chi connectivity index (χ0) is 17.1. The smallest absolute Gasteiger partial charge is 0.306 e. The number of amides is 1. The number of nitrogens with zero attached hydrogens (tertiary/aromatic N) is 1. The van der Waals surface area contributed by atoms with Gasteiger partial charge in [0.1, 0.15) is 0 Å². The first-order valence-corrected chi connectivity index (χ1v) is 9.61. The Balaban J connectivity index is 1.55. The van der Waals surface area contributed by atoms with Gasteiger partial charge in [-0.3, -0.25) is 9.59 Å². The summed E-state index contributed by atoms with van der Waals surface area (Å²) in [5.74, 6) is -0.492. The molecule has 0 radical (unpaired) electrons. The van der Waals surface area contributed by atoms with Gasteiger partial charge in [0.2, 0.25) is 5.91 Å². The number of carbonyl (C=O) groups excluding carboxylic acids is 1. The van der Waals surface area contributed by atoms with Crippen molar-refractivity contribution in [3.8, 4) is 0 Å². The third-order valence-corrected chi connectivity index (χ3v) is 6.05. The van der Waals surface area contributed by atoms with E-state index < -0.39 is 5.97 Å². The van der Waals surface area contributed by atoms with Gasteiger partial charge in [-0.15, -0.1) is 0 Å². The molecule has 1 aliphatic heterocycles. The first kappa shape index (κ1) is 17.5. The quantitative estimate of drug-likeness (QED) is 0.842. The Morgan fingerprint density at radius 3 is 2.25 bits per heavy atom. The number of carboxylic acid groups (broad SMARTS) is 1. The zero-order valence-corrected chi connectivity index (χ0v) is 15.4. The fraction of sp³-hybridized carbons (Fsp3) is 0.579. The summed E-state index contributed by atoms with van der Waals surface area (Å²) in [6.07, 6.45) is 4.90. The average molecular weight is 394 g/mol. The molecule has 4 nitrogen and oxygen atoms in total. The molecule has 1 N–H and O–H groups in total. The van der Waals surface area contributed by atoms with Crippen molar-refractivity contribution in [1.29, 1.82) is 0 Å². The van der Waals surface area contributed by atoms with Crippen LogP contribution in [0.15, 0.2) is 28.7 Å². The summed E-state index contributed by atoms with van der Waals surface area (Å²) in [5.41, 5.74) is 1.34. The van der Waals surface area contributed by atoms with Crippen LogP contribution in [-0.4, -0.2) is 35.0 Å². The molecule has 2 fully saturated rings. The van der Waals surface area contributed by atoms with Gasteiger partial charge in [0.25, 0.3) is 0 Å². The van der Waals surface area contributed by atoms with Crippen molar-refractivity contribution in [2.24, 2.45) is 11.8 Å². The summed E-state index contributed by atoms with van der Waals surface area (Å²) >= 11 is 3.46. The summed E-state index contributed by atoms with van der Waals surface area (Å²) in [6, 6.07) is 8.46. The number of rotatable bonds is 3. The van der Waals surface area contributed by atoms with E-state index in [0.29, 0.717) is 18.8 Å². The minimum atomic E-state index is -0.749. The molecule has 0 bridgehead atoms. The summed E-state index contributed by atoms with van der Waals surface area (Å²) in [4.78, 5) is 25.9. The number of hydrogen-bond acceptors (Lipinski definition) is 2. The van der Waals surface area contributed by atoms with E-state index in [9.17, 15) is 14.7 Å². The van der Waals surface area contributed by atoms with Crippen LogP contribution in [0, 0.1) is 11.8 Å². The Kier molecular flexibility index (Phi) is 5.59. The molecular weight excluding hydrogens is 370 g/mol. The average Bonchev–Trinajstić information content (AvgIpc) is 2.62. The highest BCUT2D eigenvalue weighted by Crippen LogP contribution is 2.33. The Hall–Kier alpha value is -1.36. The van der Waals surface area contributed by atoms with Crippen molar-refractivity contribution in [2.45, 2.75) is 44.4 Å². The molecule has 1 amide bonds. The molecule has 1 aliphatic carbocycles. The first-order valence-electron chi connectivity index (χ1n) is 8.81. The van der Waals surface area contributed by atoms with Crippen LogP contribution in [0.5, 0.6) is 0 Å². The third kappa shape index (κ3) is 4.00. The molecular formula is C19H24BrNO3. The topological polar surface area (TPSA) is 57.6 Å². The van der Waals surface area contributed by atoms with Gasteiger partial charge < -0.3 is 10.0 Å². The molecule has 0 aromatic heterocycles. The van der Waals surface area contributed by atoms with E-state index in [2.05, 4.69) is 40.2 Å². The normalized spacial score (nSPS) is 25.5. The molecule has 1 heterocycles. The van der Waals surface area contributed by atoms with Gasteiger partial charge in [0.05, 0.1) is 5.92 Å². The molecule has 5 heteroatoms. The number of benzene rings is 1. The maximum absolute atomic E-state index is 12.7. The van der Waals surface area contributed by atoms with Gasteiger partial charge in [-0.1, -0.05) is 34.5 Å². The van der Waals surface area contributed by atoms with Gasteiger partial charge in [-0.25, -0.2) is 0 Å². The molecule has 2 atom stereocenters. The molecule has 2 unspecified atom stereocenters. The van der Waals surface area contributed by atoms with E-state index in [1.807, 2.05) is 4.90 Å². The minimum absolute atomic E-state index is 0.0934. The Morgan fingerprint density at radius 1 is 1.00 bits per heavy atom. The molecule has 1 aromatic rings. The number of halogens is 1. The minimum Gasteiger partial charge on any atom is -0.481 e. The number of carboxylic acids is 1. The van der Waals surface area contributed by atoms with Gasteiger partial charge in [-0.05, 0) is 55.7 Å². The van der Waals surface area contributed by atoms with Gasteiger partial charge >= 0.3 is 5.97 Å². The number of hydrogen-bond donors (Lipinski definition) is 1. The summed E-state index contributed by atoms with van der Waals surface area (Å²) in [7, 11) is 0. The second-order valence-corrected chi connectivity index (χ2v) is 7.97. The second-order valence-electron chi connectivity index (χ2n) is 7.05. The fourth-order valence-corrected chi connectivity index (χ4v) is 4.33. The SMILES string of the molecule is O=C(O)C1CCCC(C(=O)N2CCC(c3ccc(Br)cc3)CC2)C1. The largest absolute Gasteiger partial charge is 0.481 e. The highest BCUT2D eigenvalue weighted by atomic mass is 79.9. The van der Waals surface area contributed by atoms with Crippen LogP contribution in [0.25, 0.3) is 0 Å².